The third-order valence-electron chi connectivity index (χ3n) is 1.12. The first kappa shape index (κ1) is 6.80. The fraction of sp³-hybridized carbons (Fsp3) is 0.333. The largest absolute Gasteiger partial charge is 0.368 e. The molecule has 4 heteroatoms. The number of nitrogens with zero attached hydrogens (tertiary/aromatic N) is 3. The van der Waals surface area contributed by atoms with Gasteiger partial charge in [-0.25, -0.2) is 4.98 Å². The zero-order valence-electron chi connectivity index (χ0n) is 6.07. The molecule has 0 unspecified atom stereocenters. The van der Waals surface area contributed by atoms with Gasteiger partial charge in [-0.3, -0.25) is 0 Å². The van der Waals surface area contributed by atoms with Crippen molar-refractivity contribution in [3.63, 3.8) is 0 Å². The Morgan fingerprint density at radius 2 is 2.20 bits per heavy atom. The van der Waals surface area contributed by atoms with Crippen LogP contribution in [0.25, 0.3) is 0 Å². The van der Waals surface area contributed by atoms with Crippen LogP contribution >= 0.6 is 0 Å². The molecule has 4 nitrogen and oxygen atoms in total. The van der Waals surface area contributed by atoms with Gasteiger partial charge in [0.2, 0.25) is 5.95 Å². The molecule has 0 aliphatic heterocycles. The van der Waals surface area contributed by atoms with Crippen molar-refractivity contribution in [2.75, 3.05) is 24.7 Å². The maximum atomic E-state index is 5.35. The van der Waals surface area contributed by atoms with Crippen molar-refractivity contribution in [2.24, 2.45) is 0 Å². The Morgan fingerprint density at radius 1 is 1.50 bits per heavy atom. The Labute approximate surface area is 59.7 Å². The maximum Gasteiger partial charge on any atom is 0.221 e. The van der Waals surface area contributed by atoms with Crippen molar-refractivity contribution in [3.8, 4) is 0 Å². The van der Waals surface area contributed by atoms with E-state index in [0.29, 0.717) is 5.95 Å². The average Bonchev–Trinajstić information content (AvgIpc) is 1.88. The van der Waals surface area contributed by atoms with Gasteiger partial charge in [-0.2, -0.15) is 4.98 Å². The van der Waals surface area contributed by atoms with E-state index < -0.39 is 0 Å². The van der Waals surface area contributed by atoms with Crippen LogP contribution in [0.3, 0.4) is 0 Å². The van der Waals surface area contributed by atoms with E-state index in [4.69, 9.17) is 5.73 Å². The third kappa shape index (κ3) is 1.34. The molecule has 0 amide bonds. The molecular formula is C6H10N4. The number of rotatable bonds is 1. The van der Waals surface area contributed by atoms with Crippen molar-refractivity contribution in [1.82, 2.24) is 9.97 Å². The van der Waals surface area contributed by atoms with E-state index in [1.807, 2.05) is 19.0 Å². The smallest absolute Gasteiger partial charge is 0.221 e. The molecule has 1 aromatic heterocycles. The van der Waals surface area contributed by atoms with Gasteiger partial charge in [-0.15, -0.1) is 0 Å². The second-order valence-electron chi connectivity index (χ2n) is 2.17. The molecule has 0 radical (unpaired) electrons. The lowest BCUT2D eigenvalue weighted by Gasteiger charge is -2.09. The van der Waals surface area contributed by atoms with Gasteiger partial charge in [0.15, 0.2) is 0 Å². The standard InChI is InChI=1S/C6H10N4/c1-10(2)5-3-4-8-6(7)9-5/h3-4H,1-2H3,(H2,7,8,9). The Hall–Kier alpha value is -1.32. The molecule has 0 saturated carbocycles. The normalized spacial score (nSPS) is 9.40. The van der Waals surface area contributed by atoms with Gasteiger partial charge < -0.3 is 10.6 Å². The molecule has 0 aliphatic rings. The zero-order chi connectivity index (χ0) is 7.56. The summed E-state index contributed by atoms with van der Waals surface area (Å²) in [7, 11) is 3.81. The van der Waals surface area contributed by atoms with Crippen LogP contribution in [-0.2, 0) is 0 Å². The van der Waals surface area contributed by atoms with Crippen LogP contribution in [0, 0.1) is 0 Å². The highest BCUT2D eigenvalue weighted by Gasteiger charge is 1.95. The highest BCUT2D eigenvalue weighted by molar-refractivity contribution is 5.38. The van der Waals surface area contributed by atoms with Crippen molar-refractivity contribution >= 4 is 11.8 Å². The lowest BCUT2D eigenvalue weighted by molar-refractivity contribution is 1.05. The van der Waals surface area contributed by atoms with E-state index in [1.54, 1.807) is 12.3 Å². The Balaban J connectivity index is 2.96. The Bertz CT molecular complexity index is 221. The van der Waals surface area contributed by atoms with E-state index in [-0.39, 0.29) is 0 Å². The third-order valence-corrected chi connectivity index (χ3v) is 1.12. The van der Waals surface area contributed by atoms with Gasteiger partial charge in [0.05, 0.1) is 0 Å². The minimum Gasteiger partial charge on any atom is -0.368 e. The molecular weight excluding hydrogens is 128 g/mol. The van der Waals surface area contributed by atoms with Crippen molar-refractivity contribution in [1.29, 1.82) is 0 Å². The fourth-order valence-corrected chi connectivity index (χ4v) is 0.613. The van der Waals surface area contributed by atoms with Crippen molar-refractivity contribution < 1.29 is 0 Å². The van der Waals surface area contributed by atoms with Gasteiger partial charge in [-0.1, -0.05) is 0 Å². The number of hydrogen-bond donors (Lipinski definition) is 1. The Morgan fingerprint density at radius 3 is 2.60 bits per heavy atom. The molecule has 0 aliphatic carbocycles. The highest BCUT2D eigenvalue weighted by atomic mass is 15.2. The summed E-state index contributed by atoms with van der Waals surface area (Å²) in [4.78, 5) is 9.60. The quantitative estimate of drug-likeness (QED) is 0.599. The lowest BCUT2D eigenvalue weighted by Crippen LogP contribution is -2.11. The van der Waals surface area contributed by atoms with E-state index in [1.165, 1.54) is 0 Å². The molecule has 0 aromatic carbocycles. The van der Waals surface area contributed by atoms with Crippen LogP contribution < -0.4 is 10.6 Å². The molecule has 0 saturated heterocycles. The number of nitrogen functional groups attached to an aromatic ring is 1. The molecule has 0 bridgehead atoms. The molecule has 0 spiro atoms. The van der Waals surface area contributed by atoms with Crippen LogP contribution in [-0.4, -0.2) is 24.1 Å². The van der Waals surface area contributed by atoms with E-state index >= 15 is 0 Å². The Kier molecular flexibility index (Phi) is 1.71. The molecule has 0 atom stereocenters. The summed E-state index contributed by atoms with van der Waals surface area (Å²) in [5.41, 5.74) is 5.35. The number of nitrogens with two attached hydrogens (primary N) is 1. The summed E-state index contributed by atoms with van der Waals surface area (Å²) in [6.45, 7) is 0. The monoisotopic (exact) mass is 138 g/mol. The van der Waals surface area contributed by atoms with Crippen LogP contribution in [0.2, 0.25) is 0 Å². The molecule has 1 heterocycles. The SMILES string of the molecule is CN(C)c1ccnc(N)n1. The van der Waals surface area contributed by atoms with Gasteiger partial charge in [0.1, 0.15) is 5.82 Å². The predicted octanol–water partition coefficient (Wildman–Crippen LogP) is 0.125. The van der Waals surface area contributed by atoms with Crippen LogP contribution in [0.15, 0.2) is 12.3 Å². The van der Waals surface area contributed by atoms with E-state index in [2.05, 4.69) is 9.97 Å². The minimum absolute atomic E-state index is 0.311. The molecule has 2 N–H and O–H groups in total. The summed E-state index contributed by atoms with van der Waals surface area (Å²) in [6.07, 6.45) is 1.64. The summed E-state index contributed by atoms with van der Waals surface area (Å²) < 4.78 is 0. The first-order valence-corrected chi connectivity index (χ1v) is 2.96. The second-order valence-corrected chi connectivity index (χ2v) is 2.17. The summed E-state index contributed by atoms with van der Waals surface area (Å²) in [5, 5.41) is 0. The first-order chi connectivity index (χ1) is 4.70. The summed E-state index contributed by atoms with van der Waals surface area (Å²) >= 11 is 0. The molecule has 0 fully saturated rings. The molecule has 1 aromatic rings. The number of hydrogen-bond acceptors (Lipinski definition) is 4. The van der Waals surface area contributed by atoms with Gasteiger partial charge in [-0.05, 0) is 6.07 Å². The van der Waals surface area contributed by atoms with Crippen LogP contribution in [0.1, 0.15) is 0 Å². The average molecular weight is 138 g/mol. The molecule has 1 rings (SSSR count). The van der Waals surface area contributed by atoms with Gasteiger partial charge in [0, 0.05) is 20.3 Å². The lowest BCUT2D eigenvalue weighted by atomic mass is 10.5. The topological polar surface area (TPSA) is 55.0 Å². The summed E-state index contributed by atoms with van der Waals surface area (Å²) in [6, 6.07) is 1.80. The van der Waals surface area contributed by atoms with Crippen LogP contribution in [0.5, 0.6) is 0 Å². The second kappa shape index (κ2) is 2.51. The summed E-state index contributed by atoms with van der Waals surface area (Å²) in [5.74, 6) is 1.14. The van der Waals surface area contributed by atoms with Crippen molar-refractivity contribution in [3.05, 3.63) is 12.3 Å². The molecule has 54 valence electrons. The minimum atomic E-state index is 0.311. The predicted molar refractivity (Wildman–Crippen MR) is 40.8 cm³/mol. The van der Waals surface area contributed by atoms with Gasteiger partial charge >= 0.3 is 0 Å². The van der Waals surface area contributed by atoms with E-state index in [0.717, 1.165) is 5.82 Å². The van der Waals surface area contributed by atoms with E-state index in [9.17, 15) is 0 Å². The van der Waals surface area contributed by atoms with Crippen molar-refractivity contribution in [2.45, 2.75) is 0 Å². The zero-order valence-corrected chi connectivity index (χ0v) is 6.07. The molecule has 10 heavy (non-hydrogen) atoms. The van der Waals surface area contributed by atoms with Gasteiger partial charge in [0.25, 0.3) is 0 Å². The number of anilines is 2. The maximum absolute atomic E-state index is 5.35. The fourth-order valence-electron chi connectivity index (χ4n) is 0.613. The highest BCUT2D eigenvalue weighted by Crippen LogP contribution is 2.04. The number of aromatic nitrogens is 2. The first-order valence-electron chi connectivity index (χ1n) is 2.96. The van der Waals surface area contributed by atoms with Crippen LogP contribution in [0.4, 0.5) is 11.8 Å².